The van der Waals surface area contributed by atoms with E-state index in [2.05, 4.69) is 27.1 Å². The summed E-state index contributed by atoms with van der Waals surface area (Å²) in [6.07, 6.45) is 5.35. The first-order chi connectivity index (χ1) is 11.6. The van der Waals surface area contributed by atoms with Gasteiger partial charge in [0.1, 0.15) is 18.0 Å². The van der Waals surface area contributed by atoms with Crippen LogP contribution in [0.1, 0.15) is 32.6 Å². The van der Waals surface area contributed by atoms with Crippen LogP contribution in [0.25, 0.3) is 0 Å². The largest absolute Gasteiger partial charge is 0.381 e. The van der Waals surface area contributed by atoms with Crippen molar-refractivity contribution in [2.75, 3.05) is 43.1 Å². The third-order valence-corrected chi connectivity index (χ3v) is 5.21. The summed E-state index contributed by atoms with van der Waals surface area (Å²) in [6.45, 7) is 5.96. The van der Waals surface area contributed by atoms with Crippen LogP contribution in [0, 0.1) is 11.3 Å². The number of aromatic nitrogens is 2. The van der Waals surface area contributed by atoms with Gasteiger partial charge >= 0.3 is 0 Å². The van der Waals surface area contributed by atoms with E-state index in [0.29, 0.717) is 38.5 Å². The number of carbonyl (C=O) groups excluding carboxylic acids is 1. The van der Waals surface area contributed by atoms with Gasteiger partial charge in [0.25, 0.3) is 0 Å². The molecule has 0 aliphatic carbocycles. The Morgan fingerprint density at radius 2 is 2.25 bits per heavy atom. The Morgan fingerprint density at radius 3 is 2.96 bits per heavy atom. The minimum Gasteiger partial charge on any atom is -0.381 e. The Kier molecular flexibility index (Phi) is 5.18. The predicted octanol–water partition coefficient (Wildman–Crippen LogP) is 1.41. The second-order valence-corrected chi connectivity index (χ2v) is 7.07. The fourth-order valence-corrected chi connectivity index (χ4v) is 3.55. The van der Waals surface area contributed by atoms with Crippen molar-refractivity contribution in [2.24, 2.45) is 17.1 Å². The second-order valence-electron chi connectivity index (χ2n) is 7.07. The Morgan fingerprint density at radius 1 is 1.46 bits per heavy atom. The average molecular weight is 333 g/mol. The molecule has 2 fully saturated rings. The number of anilines is 2. The number of nitrogens with one attached hydrogen (secondary N) is 1. The van der Waals surface area contributed by atoms with Gasteiger partial charge in [0.2, 0.25) is 5.91 Å². The van der Waals surface area contributed by atoms with Crippen LogP contribution in [-0.2, 0) is 9.53 Å². The van der Waals surface area contributed by atoms with E-state index < -0.39 is 5.41 Å². The summed E-state index contributed by atoms with van der Waals surface area (Å²) in [6, 6.07) is 1.96. The summed E-state index contributed by atoms with van der Waals surface area (Å²) < 4.78 is 5.37. The van der Waals surface area contributed by atoms with Crippen molar-refractivity contribution in [3.63, 3.8) is 0 Å². The first-order valence-corrected chi connectivity index (χ1v) is 8.78. The van der Waals surface area contributed by atoms with E-state index >= 15 is 0 Å². The Bertz CT molecular complexity index is 574. The van der Waals surface area contributed by atoms with Crippen molar-refractivity contribution >= 4 is 17.5 Å². The Hall–Kier alpha value is -1.89. The molecule has 0 saturated carbocycles. The van der Waals surface area contributed by atoms with E-state index in [-0.39, 0.29) is 5.91 Å². The summed E-state index contributed by atoms with van der Waals surface area (Å²) in [4.78, 5) is 22.9. The van der Waals surface area contributed by atoms with E-state index in [9.17, 15) is 4.79 Å². The lowest BCUT2D eigenvalue weighted by molar-refractivity contribution is -0.132. The summed E-state index contributed by atoms with van der Waals surface area (Å²) in [7, 11) is 0. The van der Waals surface area contributed by atoms with E-state index in [1.165, 1.54) is 12.8 Å². The van der Waals surface area contributed by atoms with Crippen molar-refractivity contribution in [1.82, 2.24) is 9.97 Å². The summed E-state index contributed by atoms with van der Waals surface area (Å²) in [5.74, 6) is 2.10. The number of rotatable bonds is 5. The molecule has 1 amide bonds. The van der Waals surface area contributed by atoms with Crippen LogP contribution in [0.3, 0.4) is 0 Å². The third kappa shape index (κ3) is 3.77. The standard InChI is InChI=1S/C17H27N5O2/c1-13-3-2-6-22(10-13)15-9-14(20-12-21-15)19-11-17(16(18)23)4-7-24-8-5-17/h9,12-13H,2-8,10-11H2,1H3,(H2,18,23)(H,19,20,21). The first kappa shape index (κ1) is 17.0. The second kappa shape index (κ2) is 7.34. The van der Waals surface area contributed by atoms with Gasteiger partial charge in [-0.15, -0.1) is 0 Å². The number of nitrogens with zero attached hydrogens (tertiary/aromatic N) is 3. The van der Waals surface area contributed by atoms with Crippen molar-refractivity contribution in [3.05, 3.63) is 12.4 Å². The molecule has 2 aliphatic rings. The van der Waals surface area contributed by atoms with Gasteiger partial charge in [-0.3, -0.25) is 4.79 Å². The SMILES string of the molecule is CC1CCCN(c2cc(NCC3(C(N)=O)CCOCC3)ncn2)C1. The molecule has 7 heteroatoms. The van der Waals surface area contributed by atoms with Crippen LogP contribution in [0.5, 0.6) is 0 Å². The lowest BCUT2D eigenvalue weighted by Crippen LogP contribution is -2.46. The predicted molar refractivity (Wildman–Crippen MR) is 92.8 cm³/mol. The number of primary amides is 1. The first-order valence-electron chi connectivity index (χ1n) is 8.78. The van der Waals surface area contributed by atoms with Gasteiger partial charge in [-0.2, -0.15) is 0 Å². The topological polar surface area (TPSA) is 93.4 Å². The molecule has 24 heavy (non-hydrogen) atoms. The van der Waals surface area contributed by atoms with Crippen molar-refractivity contribution in [2.45, 2.75) is 32.6 Å². The maximum Gasteiger partial charge on any atom is 0.225 e. The molecule has 1 unspecified atom stereocenters. The molecule has 7 nitrogen and oxygen atoms in total. The molecule has 2 aliphatic heterocycles. The van der Waals surface area contributed by atoms with E-state index in [4.69, 9.17) is 10.5 Å². The number of piperidine rings is 1. The molecule has 2 saturated heterocycles. The van der Waals surface area contributed by atoms with Gasteiger partial charge < -0.3 is 20.7 Å². The van der Waals surface area contributed by atoms with Crippen molar-refractivity contribution < 1.29 is 9.53 Å². The summed E-state index contributed by atoms with van der Waals surface area (Å²) in [5.41, 5.74) is 5.10. The highest BCUT2D eigenvalue weighted by Crippen LogP contribution is 2.31. The van der Waals surface area contributed by atoms with Gasteiger partial charge in [-0.05, 0) is 31.6 Å². The molecule has 0 aromatic carbocycles. The summed E-state index contributed by atoms with van der Waals surface area (Å²) in [5, 5.41) is 3.29. The Balaban J connectivity index is 1.67. The van der Waals surface area contributed by atoms with Crippen LogP contribution < -0.4 is 16.0 Å². The number of hydrogen-bond acceptors (Lipinski definition) is 6. The fourth-order valence-electron chi connectivity index (χ4n) is 3.55. The zero-order valence-corrected chi connectivity index (χ0v) is 14.3. The van der Waals surface area contributed by atoms with E-state index in [0.717, 1.165) is 24.7 Å². The lowest BCUT2D eigenvalue weighted by Gasteiger charge is -2.34. The van der Waals surface area contributed by atoms with Gasteiger partial charge in [-0.25, -0.2) is 9.97 Å². The highest BCUT2D eigenvalue weighted by molar-refractivity contribution is 5.81. The smallest absolute Gasteiger partial charge is 0.225 e. The van der Waals surface area contributed by atoms with Crippen LogP contribution in [0.2, 0.25) is 0 Å². The maximum atomic E-state index is 11.9. The molecule has 3 heterocycles. The molecule has 0 bridgehead atoms. The van der Waals surface area contributed by atoms with E-state index in [1.54, 1.807) is 6.33 Å². The molecular formula is C17H27N5O2. The monoisotopic (exact) mass is 333 g/mol. The summed E-state index contributed by atoms with van der Waals surface area (Å²) >= 11 is 0. The van der Waals surface area contributed by atoms with Crippen molar-refractivity contribution in [3.8, 4) is 0 Å². The van der Waals surface area contributed by atoms with Crippen molar-refractivity contribution in [1.29, 1.82) is 0 Å². The lowest BCUT2D eigenvalue weighted by atomic mass is 9.79. The van der Waals surface area contributed by atoms with Gasteiger partial charge in [0.05, 0.1) is 5.41 Å². The van der Waals surface area contributed by atoms with Gasteiger partial charge in [-0.1, -0.05) is 6.92 Å². The Labute approximate surface area is 143 Å². The number of carbonyl (C=O) groups is 1. The average Bonchev–Trinajstić information content (AvgIpc) is 2.61. The quantitative estimate of drug-likeness (QED) is 0.846. The normalized spacial score (nSPS) is 23.7. The van der Waals surface area contributed by atoms with Gasteiger partial charge in [0.15, 0.2) is 0 Å². The number of hydrogen-bond donors (Lipinski definition) is 2. The number of nitrogens with two attached hydrogens (primary N) is 1. The van der Waals surface area contributed by atoms with Crippen LogP contribution >= 0.6 is 0 Å². The molecule has 0 radical (unpaired) electrons. The molecule has 1 aromatic rings. The third-order valence-electron chi connectivity index (χ3n) is 5.21. The highest BCUT2D eigenvalue weighted by Gasteiger charge is 2.38. The molecule has 1 aromatic heterocycles. The zero-order chi connectivity index (χ0) is 17.0. The molecule has 0 spiro atoms. The number of amides is 1. The molecule has 132 valence electrons. The number of ether oxygens (including phenoxy) is 1. The molecule has 1 atom stereocenters. The van der Waals surface area contributed by atoms with Crippen LogP contribution in [0.4, 0.5) is 11.6 Å². The fraction of sp³-hybridized carbons (Fsp3) is 0.706. The van der Waals surface area contributed by atoms with Crippen LogP contribution in [0.15, 0.2) is 12.4 Å². The maximum absolute atomic E-state index is 11.9. The molecule has 3 rings (SSSR count). The molecule has 3 N–H and O–H groups in total. The zero-order valence-electron chi connectivity index (χ0n) is 14.3. The highest BCUT2D eigenvalue weighted by atomic mass is 16.5. The van der Waals surface area contributed by atoms with E-state index in [1.807, 2.05) is 6.07 Å². The van der Waals surface area contributed by atoms with Gasteiger partial charge in [0, 0.05) is 38.9 Å². The van der Waals surface area contributed by atoms with Crippen LogP contribution in [-0.4, -0.2) is 48.7 Å². The minimum atomic E-state index is -0.553. The molecular weight excluding hydrogens is 306 g/mol. The minimum absolute atomic E-state index is 0.266.